The molecule has 0 aromatic heterocycles. The monoisotopic (exact) mass is 295 g/mol. The van der Waals surface area contributed by atoms with Gasteiger partial charge in [-0.2, -0.15) is 0 Å². The number of anilines is 2. The van der Waals surface area contributed by atoms with Crippen molar-refractivity contribution < 1.29 is 13.9 Å². The number of ether oxygens (including phenoxy) is 1. The van der Waals surface area contributed by atoms with Crippen LogP contribution in [0.3, 0.4) is 0 Å². The first-order chi connectivity index (χ1) is 9.99. The molecule has 5 nitrogen and oxygen atoms in total. The van der Waals surface area contributed by atoms with Gasteiger partial charge in [-0.25, -0.2) is 4.39 Å². The summed E-state index contributed by atoms with van der Waals surface area (Å²) in [7, 11) is 1.69. The van der Waals surface area contributed by atoms with Crippen LogP contribution in [-0.4, -0.2) is 43.7 Å². The van der Waals surface area contributed by atoms with Crippen LogP contribution in [0.2, 0.25) is 0 Å². The summed E-state index contributed by atoms with van der Waals surface area (Å²) >= 11 is 0. The first kappa shape index (κ1) is 15.7. The van der Waals surface area contributed by atoms with Crippen LogP contribution >= 0.6 is 0 Å². The van der Waals surface area contributed by atoms with Crippen molar-refractivity contribution in [2.24, 2.45) is 5.92 Å². The summed E-state index contributed by atoms with van der Waals surface area (Å²) < 4.78 is 18.6. The van der Waals surface area contributed by atoms with E-state index < -0.39 is 5.82 Å². The minimum atomic E-state index is -0.425. The SMILES string of the molecule is COC1CN(CC(=O)Nc2cc(F)ccc2N)CCC1C. The molecule has 116 valence electrons. The van der Waals surface area contributed by atoms with E-state index in [-0.39, 0.29) is 18.6 Å². The fraction of sp³-hybridized carbons (Fsp3) is 0.533. The van der Waals surface area contributed by atoms with Gasteiger partial charge in [0.05, 0.1) is 24.0 Å². The van der Waals surface area contributed by atoms with Gasteiger partial charge in [-0.1, -0.05) is 6.92 Å². The molecule has 1 aromatic carbocycles. The molecular weight excluding hydrogens is 273 g/mol. The topological polar surface area (TPSA) is 67.6 Å². The third-order valence-electron chi connectivity index (χ3n) is 3.93. The number of amides is 1. The van der Waals surface area contributed by atoms with Crippen molar-refractivity contribution in [2.45, 2.75) is 19.4 Å². The summed E-state index contributed by atoms with van der Waals surface area (Å²) in [6.45, 7) is 3.98. The summed E-state index contributed by atoms with van der Waals surface area (Å²) in [5.41, 5.74) is 6.38. The van der Waals surface area contributed by atoms with Crippen molar-refractivity contribution in [2.75, 3.05) is 37.8 Å². The van der Waals surface area contributed by atoms with Gasteiger partial charge in [0.2, 0.25) is 5.91 Å². The molecule has 1 aromatic rings. The van der Waals surface area contributed by atoms with Crippen LogP contribution in [0.1, 0.15) is 13.3 Å². The largest absolute Gasteiger partial charge is 0.397 e. The van der Waals surface area contributed by atoms with Crippen molar-refractivity contribution in [3.05, 3.63) is 24.0 Å². The molecule has 0 bridgehead atoms. The first-order valence-corrected chi connectivity index (χ1v) is 7.09. The Labute approximate surface area is 124 Å². The van der Waals surface area contributed by atoms with Gasteiger partial charge in [-0.3, -0.25) is 9.69 Å². The Morgan fingerprint density at radius 2 is 2.33 bits per heavy atom. The molecule has 21 heavy (non-hydrogen) atoms. The van der Waals surface area contributed by atoms with E-state index in [0.717, 1.165) is 19.5 Å². The lowest BCUT2D eigenvalue weighted by molar-refractivity contribution is -0.118. The Morgan fingerprint density at radius 3 is 3.05 bits per heavy atom. The highest BCUT2D eigenvalue weighted by molar-refractivity contribution is 5.95. The van der Waals surface area contributed by atoms with Crippen molar-refractivity contribution in [3.63, 3.8) is 0 Å². The molecule has 0 radical (unpaired) electrons. The zero-order chi connectivity index (χ0) is 15.4. The second kappa shape index (κ2) is 6.87. The van der Waals surface area contributed by atoms with Crippen molar-refractivity contribution in [1.29, 1.82) is 0 Å². The number of hydrogen-bond acceptors (Lipinski definition) is 4. The van der Waals surface area contributed by atoms with Crippen LogP contribution in [0.4, 0.5) is 15.8 Å². The number of hydrogen-bond donors (Lipinski definition) is 2. The molecule has 1 aliphatic heterocycles. The molecule has 3 N–H and O–H groups in total. The number of nitrogens with one attached hydrogen (secondary N) is 1. The molecule has 1 fully saturated rings. The molecule has 6 heteroatoms. The second-order valence-electron chi connectivity index (χ2n) is 5.55. The summed E-state index contributed by atoms with van der Waals surface area (Å²) in [5.74, 6) is -0.129. The van der Waals surface area contributed by atoms with E-state index in [4.69, 9.17) is 10.5 Å². The molecule has 1 aliphatic rings. The number of likely N-dealkylation sites (tertiary alicyclic amines) is 1. The minimum Gasteiger partial charge on any atom is -0.397 e. The van der Waals surface area contributed by atoms with E-state index in [0.29, 0.717) is 17.3 Å². The van der Waals surface area contributed by atoms with E-state index in [1.165, 1.54) is 18.2 Å². The molecule has 0 aliphatic carbocycles. The first-order valence-electron chi connectivity index (χ1n) is 7.09. The van der Waals surface area contributed by atoms with E-state index in [9.17, 15) is 9.18 Å². The molecule has 1 saturated heterocycles. The molecule has 2 atom stereocenters. The molecule has 2 rings (SSSR count). The number of nitrogens with zero attached hydrogens (tertiary/aromatic N) is 1. The van der Waals surface area contributed by atoms with Gasteiger partial charge in [0.25, 0.3) is 0 Å². The van der Waals surface area contributed by atoms with Crippen LogP contribution in [-0.2, 0) is 9.53 Å². The lowest BCUT2D eigenvalue weighted by atomic mass is 9.96. The Kier molecular flexibility index (Phi) is 5.14. The molecular formula is C15H22FN3O2. The Hall–Kier alpha value is -1.66. The van der Waals surface area contributed by atoms with E-state index >= 15 is 0 Å². The number of methoxy groups -OCH3 is 1. The minimum absolute atomic E-state index is 0.144. The van der Waals surface area contributed by atoms with Gasteiger partial charge in [-0.15, -0.1) is 0 Å². The highest BCUT2D eigenvalue weighted by Crippen LogP contribution is 2.21. The second-order valence-corrected chi connectivity index (χ2v) is 5.55. The molecule has 1 amide bonds. The number of benzene rings is 1. The highest BCUT2D eigenvalue weighted by Gasteiger charge is 2.27. The average molecular weight is 295 g/mol. The predicted octanol–water partition coefficient (Wildman–Crippen LogP) is 1.70. The third kappa shape index (κ3) is 4.15. The lowest BCUT2D eigenvalue weighted by Gasteiger charge is -2.35. The number of nitrogen functional groups attached to an aromatic ring is 1. The van der Waals surface area contributed by atoms with Gasteiger partial charge in [0, 0.05) is 13.7 Å². The maximum Gasteiger partial charge on any atom is 0.238 e. The Bertz CT molecular complexity index is 510. The summed E-state index contributed by atoms with van der Waals surface area (Å²) in [6.07, 6.45) is 1.14. The van der Waals surface area contributed by atoms with Crippen molar-refractivity contribution in [1.82, 2.24) is 4.90 Å². The standard InChI is InChI=1S/C15H22FN3O2/c1-10-5-6-19(8-14(10)21-2)9-15(20)18-13-7-11(16)3-4-12(13)17/h3-4,7,10,14H,5-6,8-9,17H2,1-2H3,(H,18,20). The fourth-order valence-electron chi connectivity index (χ4n) is 2.58. The smallest absolute Gasteiger partial charge is 0.238 e. The van der Waals surface area contributed by atoms with Gasteiger partial charge >= 0.3 is 0 Å². The summed E-state index contributed by atoms with van der Waals surface area (Å²) in [4.78, 5) is 14.1. The number of carbonyl (C=O) groups excluding carboxylic acids is 1. The van der Waals surface area contributed by atoms with Crippen molar-refractivity contribution in [3.8, 4) is 0 Å². The summed E-state index contributed by atoms with van der Waals surface area (Å²) in [5, 5.41) is 2.66. The molecule has 0 spiro atoms. The third-order valence-corrected chi connectivity index (χ3v) is 3.93. The predicted molar refractivity (Wildman–Crippen MR) is 80.5 cm³/mol. The average Bonchev–Trinajstić information content (AvgIpc) is 2.45. The molecule has 0 saturated carbocycles. The maximum absolute atomic E-state index is 13.2. The van der Waals surface area contributed by atoms with E-state index in [1.807, 2.05) is 4.90 Å². The number of rotatable bonds is 4. The zero-order valence-electron chi connectivity index (χ0n) is 12.4. The highest BCUT2D eigenvalue weighted by atomic mass is 19.1. The Balaban J connectivity index is 1.91. The van der Waals surface area contributed by atoms with Gasteiger partial charge in [0.1, 0.15) is 5.82 Å². The lowest BCUT2D eigenvalue weighted by Crippen LogP contribution is -2.46. The van der Waals surface area contributed by atoms with E-state index in [2.05, 4.69) is 12.2 Å². The normalized spacial score (nSPS) is 23.0. The van der Waals surface area contributed by atoms with Gasteiger partial charge in [0.15, 0.2) is 0 Å². The fourth-order valence-corrected chi connectivity index (χ4v) is 2.58. The molecule has 2 unspecified atom stereocenters. The number of carbonyl (C=O) groups is 1. The van der Waals surface area contributed by atoms with Crippen LogP contribution in [0.5, 0.6) is 0 Å². The summed E-state index contributed by atoms with van der Waals surface area (Å²) in [6, 6.07) is 3.93. The zero-order valence-corrected chi connectivity index (χ0v) is 12.4. The molecule has 1 heterocycles. The van der Waals surface area contributed by atoms with Gasteiger partial charge in [-0.05, 0) is 37.1 Å². The Morgan fingerprint density at radius 1 is 1.57 bits per heavy atom. The van der Waals surface area contributed by atoms with E-state index in [1.54, 1.807) is 7.11 Å². The maximum atomic E-state index is 13.2. The van der Waals surface area contributed by atoms with Crippen LogP contribution < -0.4 is 11.1 Å². The quantitative estimate of drug-likeness (QED) is 0.830. The van der Waals surface area contributed by atoms with Gasteiger partial charge < -0.3 is 15.8 Å². The number of nitrogens with two attached hydrogens (primary N) is 1. The van der Waals surface area contributed by atoms with Crippen LogP contribution in [0.25, 0.3) is 0 Å². The van der Waals surface area contributed by atoms with Crippen LogP contribution in [0, 0.1) is 11.7 Å². The van der Waals surface area contributed by atoms with Crippen LogP contribution in [0.15, 0.2) is 18.2 Å². The number of piperidine rings is 1. The van der Waals surface area contributed by atoms with Crippen molar-refractivity contribution >= 4 is 17.3 Å². The number of halogens is 1.